The normalized spacial score (nSPS) is 10.7. The molecule has 2 heterocycles. The van der Waals surface area contributed by atoms with E-state index in [1.165, 1.54) is 0 Å². The summed E-state index contributed by atoms with van der Waals surface area (Å²) in [4.78, 5) is 17.0. The Balaban J connectivity index is 1.55. The Hall–Kier alpha value is -3.60. The molecule has 0 aliphatic rings. The van der Waals surface area contributed by atoms with Gasteiger partial charge in [0.25, 0.3) is 0 Å². The maximum atomic E-state index is 12.3. The molecule has 0 aliphatic carbocycles. The van der Waals surface area contributed by atoms with Crippen LogP contribution in [0.2, 0.25) is 0 Å². The number of fused-ring (bicyclic) bond motifs is 1. The summed E-state index contributed by atoms with van der Waals surface area (Å²) in [7, 11) is 0. The molecule has 2 amide bonds. The van der Waals surface area contributed by atoms with Gasteiger partial charge < -0.3 is 15.0 Å². The number of nitrogens with one attached hydrogen (secondary N) is 2. The van der Waals surface area contributed by atoms with Crippen molar-refractivity contribution >= 4 is 23.1 Å². The van der Waals surface area contributed by atoms with Crippen molar-refractivity contribution in [3.05, 3.63) is 84.2 Å². The fraction of sp³-hybridized carbons (Fsp3) is 0.0909. The van der Waals surface area contributed by atoms with Crippen molar-refractivity contribution < 1.29 is 4.79 Å². The largest absolute Gasteiger partial charge is 0.323 e. The number of nitrogens with zero attached hydrogens (tertiary/aromatic N) is 2. The molecule has 0 saturated carbocycles. The summed E-state index contributed by atoms with van der Waals surface area (Å²) >= 11 is 0. The first kappa shape index (κ1) is 16.8. The summed E-state index contributed by atoms with van der Waals surface area (Å²) in [5, 5.41) is 5.73. The number of amides is 2. The van der Waals surface area contributed by atoms with Gasteiger partial charge in [0.15, 0.2) is 0 Å². The zero-order valence-electron chi connectivity index (χ0n) is 15.2. The SMILES string of the molecule is Cc1cccc(NC(=O)Nc2cccc(-c3cn4cccc(C)c4n3)c2)c1. The van der Waals surface area contributed by atoms with Crippen LogP contribution in [0.4, 0.5) is 16.2 Å². The Morgan fingerprint density at radius 2 is 1.67 bits per heavy atom. The Kier molecular flexibility index (Phi) is 4.34. The number of aryl methyl sites for hydroxylation is 2. The van der Waals surface area contributed by atoms with Gasteiger partial charge in [0.1, 0.15) is 5.65 Å². The molecule has 0 fully saturated rings. The molecule has 0 bridgehead atoms. The van der Waals surface area contributed by atoms with Gasteiger partial charge in [-0.15, -0.1) is 0 Å². The first-order valence-corrected chi connectivity index (χ1v) is 8.78. The van der Waals surface area contributed by atoms with Crippen LogP contribution in [0.25, 0.3) is 16.9 Å². The van der Waals surface area contributed by atoms with Gasteiger partial charge in [-0.3, -0.25) is 0 Å². The van der Waals surface area contributed by atoms with Gasteiger partial charge in [0, 0.05) is 29.3 Å². The number of urea groups is 1. The molecule has 0 radical (unpaired) electrons. The summed E-state index contributed by atoms with van der Waals surface area (Å²) < 4.78 is 2.01. The molecule has 4 rings (SSSR count). The molecule has 4 aromatic rings. The van der Waals surface area contributed by atoms with E-state index in [4.69, 9.17) is 4.98 Å². The Bertz CT molecular complexity index is 1130. The van der Waals surface area contributed by atoms with Crippen LogP contribution in [0.15, 0.2) is 73.1 Å². The number of rotatable bonds is 3. The maximum absolute atomic E-state index is 12.3. The van der Waals surface area contributed by atoms with Gasteiger partial charge in [-0.25, -0.2) is 9.78 Å². The minimum absolute atomic E-state index is 0.274. The van der Waals surface area contributed by atoms with Crippen LogP contribution >= 0.6 is 0 Å². The summed E-state index contributed by atoms with van der Waals surface area (Å²) in [5.41, 5.74) is 6.44. The molecule has 2 aromatic carbocycles. The molecule has 134 valence electrons. The third-order valence-corrected chi connectivity index (χ3v) is 4.37. The van der Waals surface area contributed by atoms with E-state index >= 15 is 0 Å². The van der Waals surface area contributed by atoms with Crippen molar-refractivity contribution in [1.29, 1.82) is 0 Å². The lowest BCUT2D eigenvalue weighted by molar-refractivity contribution is 0.262. The van der Waals surface area contributed by atoms with Crippen LogP contribution in [-0.2, 0) is 0 Å². The topological polar surface area (TPSA) is 58.4 Å². The van der Waals surface area contributed by atoms with E-state index in [9.17, 15) is 4.79 Å². The average molecular weight is 356 g/mol. The number of carbonyl (C=O) groups is 1. The molecular weight excluding hydrogens is 336 g/mol. The quantitative estimate of drug-likeness (QED) is 0.526. The van der Waals surface area contributed by atoms with E-state index in [0.717, 1.165) is 33.7 Å². The summed E-state index contributed by atoms with van der Waals surface area (Å²) in [6.07, 6.45) is 3.98. The monoisotopic (exact) mass is 356 g/mol. The molecule has 5 nitrogen and oxygen atoms in total. The van der Waals surface area contributed by atoms with E-state index < -0.39 is 0 Å². The van der Waals surface area contributed by atoms with Crippen LogP contribution in [0.1, 0.15) is 11.1 Å². The molecule has 5 heteroatoms. The van der Waals surface area contributed by atoms with Crippen LogP contribution in [0.5, 0.6) is 0 Å². The molecule has 0 unspecified atom stereocenters. The van der Waals surface area contributed by atoms with Gasteiger partial charge >= 0.3 is 6.03 Å². The third-order valence-electron chi connectivity index (χ3n) is 4.37. The number of carbonyl (C=O) groups excluding carboxylic acids is 1. The highest BCUT2D eigenvalue weighted by Gasteiger charge is 2.08. The van der Waals surface area contributed by atoms with Gasteiger partial charge in [-0.1, -0.05) is 30.3 Å². The first-order valence-electron chi connectivity index (χ1n) is 8.78. The van der Waals surface area contributed by atoms with Crippen molar-refractivity contribution in [3.63, 3.8) is 0 Å². The second-order valence-corrected chi connectivity index (χ2v) is 6.58. The first-order chi connectivity index (χ1) is 13.1. The highest BCUT2D eigenvalue weighted by Crippen LogP contribution is 2.23. The number of hydrogen-bond acceptors (Lipinski definition) is 2. The van der Waals surface area contributed by atoms with E-state index in [-0.39, 0.29) is 6.03 Å². The molecule has 0 saturated heterocycles. The lowest BCUT2D eigenvalue weighted by Gasteiger charge is -2.09. The smallest absolute Gasteiger partial charge is 0.308 e. The summed E-state index contributed by atoms with van der Waals surface area (Å²) in [5.74, 6) is 0. The lowest BCUT2D eigenvalue weighted by atomic mass is 10.1. The number of hydrogen-bond donors (Lipinski definition) is 2. The predicted octanol–water partition coefficient (Wildman–Crippen LogP) is 5.26. The number of pyridine rings is 1. The maximum Gasteiger partial charge on any atom is 0.323 e. The van der Waals surface area contributed by atoms with Crippen molar-refractivity contribution in [2.75, 3.05) is 10.6 Å². The van der Waals surface area contributed by atoms with Gasteiger partial charge in [-0.2, -0.15) is 0 Å². The molecule has 2 aromatic heterocycles. The molecule has 2 N–H and O–H groups in total. The lowest BCUT2D eigenvalue weighted by Crippen LogP contribution is -2.19. The Morgan fingerprint density at radius 1 is 0.926 bits per heavy atom. The Labute approximate surface area is 157 Å². The van der Waals surface area contributed by atoms with Gasteiger partial charge in [0.2, 0.25) is 0 Å². The van der Waals surface area contributed by atoms with Crippen LogP contribution in [0, 0.1) is 13.8 Å². The molecule has 0 spiro atoms. The number of imidazole rings is 1. The highest BCUT2D eigenvalue weighted by molar-refractivity contribution is 6.00. The van der Waals surface area contributed by atoms with Crippen molar-refractivity contribution in [3.8, 4) is 11.3 Å². The zero-order chi connectivity index (χ0) is 18.8. The fourth-order valence-electron chi connectivity index (χ4n) is 3.07. The minimum atomic E-state index is -0.274. The number of benzene rings is 2. The minimum Gasteiger partial charge on any atom is -0.308 e. The summed E-state index contributed by atoms with van der Waals surface area (Å²) in [6.45, 7) is 4.03. The summed E-state index contributed by atoms with van der Waals surface area (Å²) in [6, 6.07) is 19.1. The number of anilines is 2. The zero-order valence-corrected chi connectivity index (χ0v) is 15.2. The van der Waals surface area contributed by atoms with Crippen molar-refractivity contribution in [2.24, 2.45) is 0 Å². The van der Waals surface area contributed by atoms with Crippen molar-refractivity contribution in [1.82, 2.24) is 9.38 Å². The molecule has 0 atom stereocenters. The fourth-order valence-corrected chi connectivity index (χ4v) is 3.07. The Morgan fingerprint density at radius 3 is 2.41 bits per heavy atom. The van der Waals surface area contributed by atoms with Gasteiger partial charge in [0.05, 0.1) is 5.69 Å². The second kappa shape index (κ2) is 6.96. The third kappa shape index (κ3) is 3.67. The average Bonchev–Trinajstić information content (AvgIpc) is 3.08. The van der Waals surface area contributed by atoms with E-state index in [1.54, 1.807) is 0 Å². The van der Waals surface area contributed by atoms with E-state index in [2.05, 4.69) is 10.6 Å². The van der Waals surface area contributed by atoms with E-state index in [0.29, 0.717) is 5.69 Å². The second-order valence-electron chi connectivity index (χ2n) is 6.58. The predicted molar refractivity (Wildman–Crippen MR) is 109 cm³/mol. The van der Waals surface area contributed by atoms with Crippen molar-refractivity contribution in [2.45, 2.75) is 13.8 Å². The molecule has 27 heavy (non-hydrogen) atoms. The molecule has 0 aliphatic heterocycles. The highest BCUT2D eigenvalue weighted by atomic mass is 16.2. The van der Waals surface area contributed by atoms with Gasteiger partial charge in [-0.05, 0) is 55.3 Å². The van der Waals surface area contributed by atoms with Crippen LogP contribution < -0.4 is 10.6 Å². The number of aromatic nitrogens is 2. The van der Waals surface area contributed by atoms with Crippen LogP contribution in [-0.4, -0.2) is 15.4 Å². The standard InChI is InChI=1S/C22H20N4O/c1-15-6-3-9-18(12-15)23-22(27)24-19-10-4-8-17(13-19)20-14-26-11-5-7-16(2)21(26)25-20/h3-14H,1-2H3,(H2,23,24,27). The van der Waals surface area contributed by atoms with Crippen LogP contribution in [0.3, 0.4) is 0 Å². The molecular formula is C22H20N4O. The van der Waals surface area contributed by atoms with E-state index in [1.807, 2.05) is 91.3 Å².